The van der Waals surface area contributed by atoms with Crippen LogP contribution in [0, 0.1) is 5.92 Å². The van der Waals surface area contributed by atoms with Gasteiger partial charge in [-0.25, -0.2) is 9.78 Å². The normalized spacial score (nSPS) is 19.4. The molecule has 1 aliphatic rings. The quantitative estimate of drug-likeness (QED) is 0.424. The molecule has 10 heteroatoms. The summed E-state index contributed by atoms with van der Waals surface area (Å²) in [6.45, 7) is 0.150. The van der Waals surface area contributed by atoms with Crippen molar-refractivity contribution in [3.63, 3.8) is 0 Å². The molecule has 0 saturated heterocycles. The van der Waals surface area contributed by atoms with Crippen LogP contribution in [0.1, 0.15) is 12.5 Å². The first-order valence-electron chi connectivity index (χ1n) is 6.67. The van der Waals surface area contributed by atoms with Crippen LogP contribution in [0.25, 0.3) is 11.2 Å². The highest BCUT2D eigenvalue weighted by molar-refractivity contribution is 6.33. The van der Waals surface area contributed by atoms with Crippen LogP contribution in [0.15, 0.2) is 18.5 Å². The number of halogens is 1. The molecule has 9 nitrogen and oxygen atoms in total. The molecule has 0 aliphatic heterocycles. The number of hydrogen-bond donors (Lipinski definition) is 3. The summed E-state index contributed by atoms with van der Waals surface area (Å²) in [6, 6.07) is 0.123. The lowest BCUT2D eigenvalue weighted by Crippen LogP contribution is -2.08. The second kappa shape index (κ2) is 7.25. The number of hydrogen-bond acceptors (Lipinski definition) is 7. The predicted molar refractivity (Wildman–Crippen MR) is 83.1 cm³/mol. The standard InChI is InChI=1S/C11H12ClN5O.C2H4O3/c12-9-8-10(16-11(13)15-9)17(5-14-8)7-2-1-6(3-7)4-18;1-5-2(3)4/h1-2,5-7,18H,3-4H2,(H2,13,15,16);1H3,(H,3,4). The van der Waals surface area contributed by atoms with Crippen molar-refractivity contribution in [1.82, 2.24) is 19.5 Å². The molecule has 0 aromatic carbocycles. The number of carbonyl (C=O) groups is 1. The van der Waals surface area contributed by atoms with Gasteiger partial charge in [-0.05, 0) is 6.42 Å². The number of aromatic nitrogens is 4. The van der Waals surface area contributed by atoms with Crippen LogP contribution >= 0.6 is 11.6 Å². The van der Waals surface area contributed by atoms with Gasteiger partial charge in [-0.15, -0.1) is 0 Å². The van der Waals surface area contributed by atoms with Crippen molar-refractivity contribution in [2.24, 2.45) is 5.92 Å². The van der Waals surface area contributed by atoms with Crippen LogP contribution in [-0.4, -0.2) is 49.6 Å². The Morgan fingerprint density at radius 2 is 2.22 bits per heavy atom. The van der Waals surface area contributed by atoms with Crippen LogP contribution in [0.3, 0.4) is 0 Å². The van der Waals surface area contributed by atoms with Crippen molar-refractivity contribution in [2.75, 3.05) is 19.5 Å². The average Bonchev–Trinajstić information content (AvgIpc) is 3.13. The Hall–Kier alpha value is -2.39. The molecule has 2 heterocycles. The van der Waals surface area contributed by atoms with Crippen LogP contribution in [0.4, 0.5) is 10.7 Å². The van der Waals surface area contributed by atoms with Crippen molar-refractivity contribution in [2.45, 2.75) is 12.5 Å². The van der Waals surface area contributed by atoms with E-state index < -0.39 is 6.16 Å². The Bertz CT molecular complexity index is 732. The fourth-order valence-electron chi connectivity index (χ4n) is 2.23. The van der Waals surface area contributed by atoms with Gasteiger partial charge >= 0.3 is 6.16 Å². The lowest BCUT2D eigenvalue weighted by Gasteiger charge is -2.12. The number of nitrogens with zero attached hydrogens (tertiary/aromatic N) is 4. The summed E-state index contributed by atoms with van der Waals surface area (Å²) in [6.07, 6.45) is 5.30. The molecule has 2 aromatic heterocycles. The number of imidazole rings is 1. The van der Waals surface area contributed by atoms with E-state index in [4.69, 9.17) is 32.3 Å². The molecule has 2 atom stereocenters. The van der Waals surface area contributed by atoms with Crippen LogP contribution in [0.5, 0.6) is 0 Å². The van der Waals surface area contributed by atoms with E-state index in [-0.39, 0.29) is 29.7 Å². The number of rotatable bonds is 2. The Labute approximate surface area is 136 Å². The third-order valence-electron chi connectivity index (χ3n) is 3.31. The number of methoxy groups -OCH3 is 1. The van der Waals surface area contributed by atoms with Crippen LogP contribution < -0.4 is 5.73 Å². The van der Waals surface area contributed by atoms with E-state index in [1.54, 1.807) is 6.33 Å². The zero-order chi connectivity index (χ0) is 17.0. The monoisotopic (exact) mass is 341 g/mol. The summed E-state index contributed by atoms with van der Waals surface area (Å²) in [4.78, 5) is 21.4. The molecular weight excluding hydrogens is 326 g/mol. The second-order valence-corrected chi connectivity index (χ2v) is 5.16. The third-order valence-corrected chi connectivity index (χ3v) is 3.58. The molecule has 0 fully saturated rings. The Morgan fingerprint density at radius 3 is 2.78 bits per heavy atom. The number of fused-ring (bicyclic) bond motifs is 1. The van der Waals surface area contributed by atoms with Gasteiger partial charge in [0.25, 0.3) is 0 Å². The minimum absolute atomic E-state index is 0.123. The summed E-state index contributed by atoms with van der Waals surface area (Å²) >= 11 is 5.97. The number of allylic oxidation sites excluding steroid dienone is 1. The molecule has 0 radical (unpaired) electrons. The van der Waals surface area contributed by atoms with Gasteiger partial charge in [0, 0.05) is 12.5 Å². The molecular formula is C13H16ClN5O4. The van der Waals surface area contributed by atoms with E-state index in [0.717, 1.165) is 13.5 Å². The maximum absolute atomic E-state index is 9.15. The molecule has 1 aliphatic carbocycles. The van der Waals surface area contributed by atoms with Gasteiger partial charge in [0.15, 0.2) is 10.8 Å². The summed E-state index contributed by atoms with van der Waals surface area (Å²) < 4.78 is 5.57. The molecule has 0 bridgehead atoms. The van der Waals surface area contributed by atoms with Gasteiger partial charge in [-0.2, -0.15) is 9.97 Å². The van der Waals surface area contributed by atoms with E-state index in [1.807, 2.05) is 16.7 Å². The number of nitrogen functional groups attached to an aromatic ring is 1. The number of carboxylic acid groups (broad SMARTS) is 1. The fraction of sp³-hybridized carbons (Fsp3) is 0.385. The fourth-order valence-corrected chi connectivity index (χ4v) is 2.45. The Morgan fingerprint density at radius 1 is 1.52 bits per heavy atom. The summed E-state index contributed by atoms with van der Waals surface area (Å²) in [5.74, 6) is 0.317. The highest BCUT2D eigenvalue weighted by Gasteiger charge is 2.22. The molecule has 124 valence electrons. The molecule has 0 saturated carbocycles. The van der Waals surface area contributed by atoms with Crippen LogP contribution in [-0.2, 0) is 4.74 Å². The Balaban J connectivity index is 0.000000338. The average molecular weight is 342 g/mol. The third kappa shape index (κ3) is 3.88. The van der Waals surface area contributed by atoms with Gasteiger partial charge in [0.05, 0.1) is 19.5 Å². The largest absolute Gasteiger partial charge is 0.505 e. The minimum atomic E-state index is -1.25. The van der Waals surface area contributed by atoms with Crippen molar-refractivity contribution in [3.05, 3.63) is 23.6 Å². The van der Waals surface area contributed by atoms with Gasteiger partial charge in [-0.1, -0.05) is 23.8 Å². The summed E-state index contributed by atoms with van der Waals surface area (Å²) in [5, 5.41) is 16.9. The van der Waals surface area contributed by atoms with E-state index in [1.165, 1.54) is 0 Å². The summed E-state index contributed by atoms with van der Waals surface area (Å²) in [7, 11) is 1.10. The van der Waals surface area contributed by atoms with Gasteiger partial charge in [0.1, 0.15) is 5.52 Å². The van der Waals surface area contributed by atoms with Crippen molar-refractivity contribution in [1.29, 1.82) is 0 Å². The van der Waals surface area contributed by atoms with E-state index in [0.29, 0.717) is 11.2 Å². The maximum Gasteiger partial charge on any atom is 0.505 e. The predicted octanol–water partition coefficient (Wildman–Crippen LogP) is 1.48. The lowest BCUT2D eigenvalue weighted by atomic mass is 10.1. The molecule has 2 aromatic rings. The smallest absolute Gasteiger partial charge is 0.450 e. The topological polar surface area (TPSA) is 136 Å². The molecule has 3 rings (SSSR count). The number of ether oxygens (including phenoxy) is 1. The minimum Gasteiger partial charge on any atom is -0.450 e. The zero-order valence-electron chi connectivity index (χ0n) is 12.3. The van der Waals surface area contributed by atoms with Crippen molar-refractivity contribution < 1.29 is 19.7 Å². The highest BCUT2D eigenvalue weighted by Crippen LogP contribution is 2.31. The van der Waals surface area contributed by atoms with Gasteiger partial charge in [-0.3, -0.25) is 0 Å². The lowest BCUT2D eigenvalue weighted by molar-refractivity contribution is 0.114. The van der Waals surface area contributed by atoms with Crippen LogP contribution in [0.2, 0.25) is 5.15 Å². The van der Waals surface area contributed by atoms with Gasteiger partial charge in [0.2, 0.25) is 5.95 Å². The number of nitrogens with two attached hydrogens (primary N) is 1. The first kappa shape index (κ1) is 17.0. The molecule has 2 unspecified atom stereocenters. The highest BCUT2D eigenvalue weighted by atomic mass is 35.5. The zero-order valence-corrected chi connectivity index (χ0v) is 13.0. The molecule has 0 spiro atoms. The van der Waals surface area contributed by atoms with Gasteiger partial charge < -0.3 is 25.3 Å². The Kier molecular flexibility index (Phi) is 5.35. The number of anilines is 1. The number of aliphatic hydroxyl groups excluding tert-OH is 1. The number of aliphatic hydroxyl groups is 1. The second-order valence-electron chi connectivity index (χ2n) is 4.80. The van der Waals surface area contributed by atoms with Crippen molar-refractivity contribution >= 4 is 34.9 Å². The first-order chi connectivity index (χ1) is 11.0. The van der Waals surface area contributed by atoms with E-state index >= 15 is 0 Å². The van der Waals surface area contributed by atoms with Crippen molar-refractivity contribution in [3.8, 4) is 0 Å². The molecule has 4 N–H and O–H groups in total. The maximum atomic E-state index is 9.15. The SMILES string of the molecule is COC(=O)O.Nc1nc(Cl)c2ncn(C3C=CC(CO)C3)c2n1. The van der Waals surface area contributed by atoms with E-state index in [2.05, 4.69) is 19.7 Å². The first-order valence-corrected chi connectivity index (χ1v) is 7.05. The van der Waals surface area contributed by atoms with E-state index in [9.17, 15) is 0 Å². The summed E-state index contributed by atoms with van der Waals surface area (Å²) in [5.41, 5.74) is 6.77. The molecule has 23 heavy (non-hydrogen) atoms. The molecule has 0 amide bonds.